The van der Waals surface area contributed by atoms with Crippen molar-refractivity contribution in [2.75, 3.05) is 36.4 Å². The Bertz CT molecular complexity index is 1140. The predicted molar refractivity (Wildman–Crippen MR) is 127 cm³/mol. The highest BCUT2D eigenvalue weighted by Gasteiger charge is 2.24. The number of hydrogen-bond donors (Lipinski definition) is 1. The van der Waals surface area contributed by atoms with Crippen LogP contribution in [0.1, 0.15) is 27.6 Å². The number of anilines is 2. The molecule has 0 saturated carbocycles. The number of para-hydroxylation sites is 2. The molecule has 0 bridgehead atoms. The fourth-order valence-corrected chi connectivity index (χ4v) is 3.79. The smallest absolute Gasteiger partial charge is 0.308 e. The summed E-state index contributed by atoms with van der Waals surface area (Å²) >= 11 is 0. The molecule has 3 aromatic rings. The van der Waals surface area contributed by atoms with Crippen molar-refractivity contribution < 1.29 is 19.1 Å². The van der Waals surface area contributed by atoms with Gasteiger partial charge in [0.25, 0.3) is 11.8 Å². The molecular weight excluding hydrogens is 418 g/mol. The SMILES string of the molecule is CC(=O)Oc1ccc(C(=O)Nc2ccccc2C(=O)N2CCN(c3ccccc3)CC2)cc1. The Morgan fingerprint density at radius 1 is 0.788 bits per heavy atom. The zero-order valence-corrected chi connectivity index (χ0v) is 18.4. The van der Waals surface area contributed by atoms with Gasteiger partial charge >= 0.3 is 5.97 Å². The lowest BCUT2D eigenvalue weighted by Gasteiger charge is -2.36. The number of nitrogens with zero attached hydrogens (tertiary/aromatic N) is 2. The van der Waals surface area contributed by atoms with E-state index >= 15 is 0 Å². The van der Waals surface area contributed by atoms with Crippen molar-refractivity contribution in [3.05, 3.63) is 90.0 Å². The molecule has 2 amide bonds. The molecule has 33 heavy (non-hydrogen) atoms. The van der Waals surface area contributed by atoms with E-state index < -0.39 is 5.97 Å². The molecule has 1 fully saturated rings. The molecule has 4 rings (SSSR count). The third-order valence-corrected chi connectivity index (χ3v) is 5.47. The summed E-state index contributed by atoms with van der Waals surface area (Å²) in [6.07, 6.45) is 0. The first kappa shape index (κ1) is 22.1. The van der Waals surface area contributed by atoms with Crippen LogP contribution in [-0.4, -0.2) is 48.9 Å². The first-order chi connectivity index (χ1) is 16.0. The van der Waals surface area contributed by atoms with E-state index in [1.54, 1.807) is 48.5 Å². The van der Waals surface area contributed by atoms with Crippen molar-refractivity contribution in [2.45, 2.75) is 6.92 Å². The zero-order valence-electron chi connectivity index (χ0n) is 18.4. The van der Waals surface area contributed by atoms with Gasteiger partial charge in [0.2, 0.25) is 0 Å². The van der Waals surface area contributed by atoms with Gasteiger partial charge in [0.15, 0.2) is 0 Å². The highest BCUT2D eigenvalue weighted by molar-refractivity contribution is 6.09. The molecule has 7 heteroatoms. The van der Waals surface area contributed by atoms with Crippen LogP contribution in [0.25, 0.3) is 0 Å². The summed E-state index contributed by atoms with van der Waals surface area (Å²) < 4.78 is 5.00. The molecule has 0 radical (unpaired) electrons. The maximum absolute atomic E-state index is 13.2. The Morgan fingerprint density at radius 2 is 1.42 bits per heavy atom. The lowest BCUT2D eigenvalue weighted by Crippen LogP contribution is -2.48. The number of nitrogens with one attached hydrogen (secondary N) is 1. The molecule has 0 spiro atoms. The molecule has 1 N–H and O–H groups in total. The second kappa shape index (κ2) is 9.99. The van der Waals surface area contributed by atoms with Crippen LogP contribution in [0.5, 0.6) is 5.75 Å². The van der Waals surface area contributed by atoms with Crippen LogP contribution >= 0.6 is 0 Å². The molecule has 0 aliphatic carbocycles. The first-order valence-corrected chi connectivity index (χ1v) is 10.8. The van der Waals surface area contributed by atoms with Gasteiger partial charge in [-0.15, -0.1) is 0 Å². The third kappa shape index (κ3) is 5.38. The third-order valence-electron chi connectivity index (χ3n) is 5.47. The quantitative estimate of drug-likeness (QED) is 0.479. The van der Waals surface area contributed by atoms with Crippen molar-refractivity contribution in [3.63, 3.8) is 0 Å². The summed E-state index contributed by atoms with van der Waals surface area (Å²) in [5, 5.41) is 2.84. The van der Waals surface area contributed by atoms with E-state index in [-0.39, 0.29) is 11.8 Å². The second-order valence-corrected chi connectivity index (χ2v) is 7.73. The molecule has 7 nitrogen and oxygen atoms in total. The molecule has 168 valence electrons. The summed E-state index contributed by atoms with van der Waals surface area (Å²) in [4.78, 5) is 41.1. The standard InChI is InChI=1S/C26H25N3O4/c1-19(30)33-22-13-11-20(12-14-22)25(31)27-24-10-6-5-9-23(24)26(32)29-17-15-28(16-18-29)21-7-3-2-4-8-21/h2-14H,15-18H2,1H3,(H,27,31). The van der Waals surface area contributed by atoms with E-state index in [4.69, 9.17) is 4.74 Å². The van der Waals surface area contributed by atoms with Crippen LogP contribution in [0.15, 0.2) is 78.9 Å². The van der Waals surface area contributed by atoms with Gasteiger partial charge in [-0.05, 0) is 48.5 Å². The van der Waals surface area contributed by atoms with Gasteiger partial charge in [-0.3, -0.25) is 14.4 Å². The van der Waals surface area contributed by atoms with E-state index in [1.807, 2.05) is 23.1 Å². The molecule has 0 aromatic heterocycles. The molecule has 1 saturated heterocycles. The number of rotatable bonds is 5. The molecular formula is C26H25N3O4. The topological polar surface area (TPSA) is 78.9 Å². The molecule has 3 aromatic carbocycles. The minimum Gasteiger partial charge on any atom is -0.427 e. The Labute approximate surface area is 192 Å². The Morgan fingerprint density at radius 3 is 2.09 bits per heavy atom. The number of hydrogen-bond acceptors (Lipinski definition) is 5. The normalized spacial score (nSPS) is 13.4. The van der Waals surface area contributed by atoms with Gasteiger partial charge in [0.05, 0.1) is 11.3 Å². The lowest BCUT2D eigenvalue weighted by molar-refractivity contribution is -0.131. The summed E-state index contributed by atoms with van der Waals surface area (Å²) in [6, 6.07) is 23.4. The van der Waals surface area contributed by atoms with Crippen molar-refractivity contribution in [3.8, 4) is 5.75 Å². The number of benzene rings is 3. The van der Waals surface area contributed by atoms with Crippen LogP contribution in [0, 0.1) is 0 Å². The molecule has 0 atom stereocenters. The van der Waals surface area contributed by atoms with Crippen LogP contribution in [0.4, 0.5) is 11.4 Å². The average molecular weight is 444 g/mol. The maximum Gasteiger partial charge on any atom is 0.308 e. The second-order valence-electron chi connectivity index (χ2n) is 7.73. The lowest BCUT2D eigenvalue weighted by atomic mass is 10.1. The van der Waals surface area contributed by atoms with Crippen LogP contribution in [0.2, 0.25) is 0 Å². The van der Waals surface area contributed by atoms with Crippen LogP contribution in [0.3, 0.4) is 0 Å². The van der Waals surface area contributed by atoms with Crippen molar-refractivity contribution in [1.29, 1.82) is 0 Å². The number of carbonyl (C=O) groups is 3. The van der Waals surface area contributed by atoms with Crippen LogP contribution < -0.4 is 15.0 Å². The van der Waals surface area contributed by atoms with Gasteiger partial charge in [0.1, 0.15) is 5.75 Å². The van der Waals surface area contributed by atoms with Gasteiger partial charge in [-0.1, -0.05) is 30.3 Å². The van der Waals surface area contributed by atoms with E-state index in [1.165, 1.54) is 6.92 Å². The average Bonchev–Trinajstić information content (AvgIpc) is 2.85. The number of ether oxygens (including phenoxy) is 1. The van der Waals surface area contributed by atoms with Gasteiger partial charge in [0, 0.05) is 44.4 Å². The summed E-state index contributed by atoms with van der Waals surface area (Å²) in [5.74, 6) is -0.518. The molecule has 1 heterocycles. The summed E-state index contributed by atoms with van der Waals surface area (Å²) in [7, 11) is 0. The Kier molecular flexibility index (Phi) is 6.69. The van der Waals surface area contributed by atoms with Crippen molar-refractivity contribution in [1.82, 2.24) is 4.90 Å². The maximum atomic E-state index is 13.2. The number of esters is 1. The molecule has 0 unspecified atom stereocenters. The zero-order chi connectivity index (χ0) is 23.2. The van der Waals surface area contributed by atoms with Gasteiger partial charge in [-0.2, -0.15) is 0 Å². The molecule has 1 aliphatic heterocycles. The molecule has 1 aliphatic rings. The van der Waals surface area contributed by atoms with E-state index in [9.17, 15) is 14.4 Å². The Hall–Kier alpha value is -4.13. The largest absolute Gasteiger partial charge is 0.427 e. The van der Waals surface area contributed by atoms with Crippen LogP contribution in [-0.2, 0) is 4.79 Å². The summed E-state index contributed by atoms with van der Waals surface area (Å²) in [5.41, 5.74) is 2.46. The summed E-state index contributed by atoms with van der Waals surface area (Å²) in [6.45, 7) is 4.02. The number of amides is 2. The van der Waals surface area contributed by atoms with Gasteiger partial charge in [-0.25, -0.2) is 0 Å². The highest BCUT2D eigenvalue weighted by atomic mass is 16.5. The highest BCUT2D eigenvalue weighted by Crippen LogP contribution is 2.22. The van der Waals surface area contributed by atoms with E-state index in [0.29, 0.717) is 35.7 Å². The minimum absolute atomic E-state index is 0.108. The van der Waals surface area contributed by atoms with Crippen molar-refractivity contribution >= 4 is 29.2 Å². The van der Waals surface area contributed by atoms with E-state index in [2.05, 4.69) is 22.3 Å². The monoisotopic (exact) mass is 443 g/mol. The Balaban J connectivity index is 1.42. The fourth-order valence-electron chi connectivity index (χ4n) is 3.79. The van der Waals surface area contributed by atoms with Crippen molar-refractivity contribution in [2.24, 2.45) is 0 Å². The minimum atomic E-state index is -0.427. The number of carbonyl (C=O) groups excluding carboxylic acids is 3. The fraction of sp³-hybridized carbons (Fsp3) is 0.192. The van der Waals surface area contributed by atoms with E-state index in [0.717, 1.165) is 18.8 Å². The number of piperazine rings is 1. The van der Waals surface area contributed by atoms with Gasteiger partial charge < -0.3 is 19.9 Å². The first-order valence-electron chi connectivity index (χ1n) is 10.8. The predicted octanol–water partition coefficient (Wildman–Crippen LogP) is 3.83.